The minimum atomic E-state index is -5.42. The van der Waals surface area contributed by atoms with Gasteiger partial charge in [0, 0.05) is 18.7 Å². The fraction of sp³-hybridized carbons (Fsp3) is 0.381. The van der Waals surface area contributed by atoms with Crippen LogP contribution in [0.3, 0.4) is 0 Å². The van der Waals surface area contributed by atoms with Gasteiger partial charge in [-0.05, 0) is 67.1 Å². The maximum atomic E-state index is 12.6. The Morgan fingerprint density at radius 1 is 1.03 bits per heavy atom. The molecule has 0 radical (unpaired) electrons. The first kappa shape index (κ1) is 22.1. The Hall–Kier alpha value is -2.55. The van der Waals surface area contributed by atoms with Crippen LogP contribution in [0.2, 0.25) is 0 Å². The van der Waals surface area contributed by atoms with Crippen LogP contribution in [0, 0.1) is 5.92 Å². The molecule has 0 aliphatic carbocycles. The zero-order chi connectivity index (χ0) is 21.9. The van der Waals surface area contributed by atoms with Gasteiger partial charge in [0.05, 0.1) is 12.0 Å². The van der Waals surface area contributed by atoms with E-state index in [4.69, 9.17) is 4.74 Å². The smallest absolute Gasteiger partial charge is 0.497 e. The van der Waals surface area contributed by atoms with E-state index in [1.165, 1.54) is 5.56 Å². The molecule has 2 aromatic rings. The molecule has 0 unspecified atom stereocenters. The summed E-state index contributed by atoms with van der Waals surface area (Å²) in [5.41, 5.74) is -4.00. The minimum Gasteiger partial charge on any atom is -0.497 e. The zero-order valence-electron chi connectivity index (χ0n) is 16.4. The molecule has 0 atom stereocenters. The molecule has 1 amide bonds. The summed E-state index contributed by atoms with van der Waals surface area (Å²) in [6, 6.07) is 11.8. The van der Waals surface area contributed by atoms with E-state index in [0.29, 0.717) is 19.0 Å². The number of alkyl halides is 3. The van der Waals surface area contributed by atoms with Crippen molar-refractivity contribution >= 4 is 15.7 Å². The van der Waals surface area contributed by atoms with E-state index in [0.717, 1.165) is 49.3 Å². The number of methoxy groups -OCH3 is 1. The number of halogens is 3. The van der Waals surface area contributed by atoms with Gasteiger partial charge in [0.25, 0.3) is 15.7 Å². The number of hydrogen-bond acceptors (Lipinski definition) is 4. The van der Waals surface area contributed by atoms with Crippen LogP contribution < -0.4 is 4.74 Å². The van der Waals surface area contributed by atoms with Crippen molar-refractivity contribution in [3.63, 3.8) is 0 Å². The van der Waals surface area contributed by atoms with Crippen molar-refractivity contribution in [2.45, 2.75) is 29.7 Å². The number of hydrogen-bond donors (Lipinski definition) is 0. The van der Waals surface area contributed by atoms with E-state index in [9.17, 15) is 26.4 Å². The van der Waals surface area contributed by atoms with Crippen molar-refractivity contribution in [3.8, 4) is 5.75 Å². The first-order chi connectivity index (χ1) is 14.1. The fourth-order valence-corrected chi connectivity index (χ4v) is 4.29. The van der Waals surface area contributed by atoms with Crippen molar-refractivity contribution in [1.29, 1.82) is 0 Å². The summed E-state index contributed by atoms with van der Waals surface area (Å²) in [4.78, 5) is 13.4. The Morgan fingerprint density at radius 3 is 2.10 bits per heavy atom. The molecule has 1 aliphatic heterocycles. The Labute approximate surface area is 173 Å². The molecule has 2 aromatic carbocycles. The average Bonchev–Trinajstić information content (AvgIpc) is 2.73. The topological polar surface area (TPSA) is 63.7 Å². The Morgan fingerprint density at radius 2 is 1.60 bits per heavy atom. The number of piperidine rings is 1. The van der Waals surface area contributed by atoms with Crippen LogP contribution in [-0.4, -0.2) is 44.9 Å². The quantitative estimate of drug-likeness (QED) is 0.701. The first-order valence-corrected chi connectivity index (χ1v) is 10.9. The van der Waals surface area contributed by atoms with Crippen molar-refractivity contribution in [3.05, 3.63) is 59.7 Å². The van der Waals surface area contributed by atoms with Crippen LogP contribution in [-0.2, 0) is 16.3 Å². The van der Waals surface area contributed by atoms with Crippen LogP contribution in [0.15, 0.2) is 53.4 Å². The number of carbonyl (C=O) groups is 1. The van der Waals surface area contributed by atoms with Crippen LogP contribution >= 0.6 is 0 Å². The third-order valence-electron chi connectivity index (χ3n) is 5.30. The van der Waals surface area contributed by atoms with Gasteiger partial charge in [0.1, 0.15) is 5.75 Å². The van der Waals surface area contributed by atoms with Gasteiger partial charge in [-0.15, -0.1) is 0 Å². The van der Waals surface area contributed by atoms with E-state index in [-0.39, 0.29) is 11.5 Å². The van der Waals surface area contributed by atoms with Crippen molar-refractivity contribution in [2.75, 3.05) is 20.2 Å². The molecule has 0 bridgehead atoms. The Kier molecular flexibility index (Phi) is 6.40. The molecule has 9 heteroatoms. The van der Waals surface area contributed by atoms with Gasteiger partial charge >= 0.3 is 5.51 Å². The molecule has 0 saturated carbocycles. The van der Waals surface area contributed by atoms with Crippen molar-refractivity contribution in [1.82, 2.24) is 4.90 Å². The van der Waals surface area contributed by atoms with Gasteiger partial charge in [-0.2, -0.15) is 13.2 Å². The molecule has 1 saturated heterocycles. The highest BCUT2D eigenvalue weighted by Gasteiger charge is 2.46. The highest BCUT2D eigenvalue weighted by atomic mass is 32.2. The average molecular weight is 441 g/mol. The number of carbonyl (C=O) groups excluding carboxylic acids is 1. The summed E-state index contributed by atoms with van der Waals surface area (Å²) in [7, 11) is -3.80. The van der Waals surface area contributed by atoms with Crippen LogP contribution in [0.25, 0.3) is 0 Å². The third kappa shape index (κ3) is 4.77. The number of ether oxygens (including phenoxy) is 1. The lowest BCUT2D eigenvalue weighted by Gasteiger charge is -2.32. The molecule has 1 aliphatic rings. The molecule has 0 N–H and O–H groups in total. The molecule has 30 heavy (non-hydrogen) atoms. The van der Waals surface area contributed by atoms with Gasteiger partial charge in [-0.3, -0.25) is 4.79 Å². The SMILES string of the molecule is COc1ccc(CC2CCN(C(=O)c3ccc(S(=O)(=O)C(F)(F)F)cc3)CC2)cc1. The van der Waals surface area contributed by atoms with Gasteiger partial charge in [-0.25, -0.2) is 8.42 Å². The Bertz CT molecular complexity index is 978. The second-order valence-electron chi connectivity index (χ2n) is 7.26. The number of rotatable bonds is 5. The highest BCUT2D eigenvalue weighted by Crippen LogP contribution is 2.30. The molecular formula is C21H22F3NO4S. The minimum absolute atomic E-state index is 0.171. The molecule has 162 valence electrons. The largest absolute Gasteiger partial charge is 0.501 e. The lowest BCUT2D eigenvalue weighted by Crippen LogP contribution is -2.38. The van der Waals surface area contributed by atoms with E-state index >= 15 is 0 Å². The van der Waals surface area contributed by atoms with E-state index in [1.807, 2.05) is 24.3 Å². The highest BCUT2D eigenvalue weighted by molar-refractivity contribution is 7.92. The summed E-state index contributed by atoms with van der Waals surface area (Å²) in [6.07, 6.45) is 2.53. The lowest BCUT2D eigenvalue weighted by atomic mass is 9.90. The van der Waals surface area contributed by atoms with E-state index < -0.39 is 20.2 Å². The monoisotopic (exact) mass is 441 g/mol. The predicted molar refractivity (Wildman–Crippen MR) is 105 cm³/mol. The predicted octanol–water partition coefficient (Wildman–Crippen LogP) is 4.08. The molecule has 1 heterocycles. The Balaban J connectivity index is 1.58. The summed E-state index contributed by atoms with van der Waals surface area (Å²) in [5.74, 6) is 0.920. The second-order valence-corrected chi connectivity index (χ2v) is 9.20. The lowest BCUT2D eigenvalue weighted by molar-refractivity contribution is -0.0436. The van der Waals surface area contributed by atoms with Crippen LogP contribution in [0.5, 0.6) is 5.75 Å². The number of amides is 1. The fourth-order valence-electron chi connectivity index (χ4n) is 3.53. The summed E-state index contributed by atoms with van der Waals surface area (Å²) < 4.78 is 65.9. The zero-order valence-corrected chi connectivity index (χ0v) is 17.2. The van der Waals surface area contributed by atoms with Gasteiger partial charge in [0.2, 0.25) is 0 Å². The number of sulfone groups is 1. The molecule has 3 rings (SSSR count). The number of nitrogens with zero attached hydrogens (tertiary/aromatic N) is 1. The van der Waals surface area contributed by atoms with E-state index in [2.05, 4.69) is 0 Å². The van der Waals surface area contributed by atoms with Gasteiger partial charge in [-0.1, -0.05) is 12.1 Å². The first-order valence-electron chi connectivity index (χ1n) is 9.45. The second kappa shape index (κ2) is 8.67. The third-order valence-corrected chi connectivity index (χ3v) is 6.80. The maximum absolute atomic E-state index is 12.6. The molecule has 1 fully saturated rings. The number of benzene rings is 2. The molecule has 0 spiro atoms. The van der Waals surface area contributed by atoms with Gasteiger partial charge < -0.3 is 9.64 Å². The normalized spacial score (nSPS) is 15.8. The summed E-state index contributed by atoms with van der Waals surface area (Å²) in [6.45, 7) is 1.09. The van der Waals surface area contributed by atoms with Crippen molar-refractivity contribution < 1.29 is 31.1 Å². The standard InChI is InChI=1S/C21H22F3NO4S/c1-29-18-6-2-15(3-7-18)14-16-10-12-25(13-11-16)20(26)17-4-8-19(9-5-17)30(27,28)21(22,23)24/h2-9,16H,10-14H2,1H3. The summed E-state index contributed by atoms with van der Waals surface area (Å²) in [5, 5.41) is 0. The molecule has 5 nitrogen and oxygen atoms in total. The maximum Gasteiger partial charge on any atom is 0.501 e. The van der Waals surface area contributed by atoms with Crippen molar-refractivity contribution in [2.24, 2.45) is 5.92 Å². The van der Waals surface area contributed by atoms with Gasteiger partial charge in [0.15, 0.2) is 0 Å². The number of likely N-dealkylation sites (tertiary alicyclic amines) is 1. The van der Waals surface area contributed by atoms with E-state index in [1.54, 1.807) is 12.0 Å². The summed E-state index contributed by atoms with van der Waals surface area (Å²) >= 11 is 0. The van der Waals surface area contributed by atoms with Crippen LogP contribution in [0.1, 0.15) is 28.8 Å². The molecule has 0 aromatic heterocycles. The molecular weight excluding hydrogens is 419 g/mol. The van der Waals surface area contributed by atoms with Crippen LogP contribution in [0.4, 0.5) is 13.2 Å².